The Bertz CT molecular complexity index is 493. The second-order valence-corrected chi connectivity index (χ2v) is 5.00. The van der Waals surface area contributed by atoms with E-state index < -0.39 is 18.0 Å². The maximum atomic E-state index is 11.5. The number of nitrogens with one attached hydrogen (secondary N) is 2. The lowest BCUT2D eigenvalue weighted by Crippen LogP contribution is -2.40. The highest BCUT2D eigenvalue weighted by Crippen LogP contribution is 2.29. The molecule has 0 saturated heterocycles. The first-order valence-corrected chi connectivity index (χ1v) is 6.24. The van der Waals surface area contributed by atoms with Gasteiger partial charge >= 0.3 is 12.0 Å². The topological polar surface area (TPSA) is 78.4 Å². The summed E-state index contributed by atoms with van der Waals surface area (Å²) in [5.74, 6) is -1.11. The fourth-order valence-corrected chi connectivity index (χ4v) is 1.88. The fourth-order valence-electron chi connectivity index (χ4n) is 1.16. The zero-order valence-electron chi connectivity index (χ0n) is 9.75. The van der Waals surface area contributed by atoms with Gasteiger partial charge in [-0.3, -0.25) is 4.79 Å². The highest BCUT2D eigenvalue weighted by Gasteiger charge is 2.15. The first-order valence-electron chi connectivity index (χ1n) is 5.07. The zero-order valence-corrected chi connectivity index (χ0v) is 12.1. The standard InChI is InChI=1S/C11H12BrClN2O3/c1-5-3-7(12)9(4-8(5)13)15-11(18)14-6(2)10(16)17/h3-4,6H,1-2H3,(H,16,17)(H2,14,15,18). The first-order chi connectivity index (χ1) is 8.31. The van der Waals surface area contributed by atoms with Crippen molar-refractivity contribution in [3.05, 3.63) is 27.2 Å². The van der Waals surface area contributed by atoms with Crippen molar-refractivity contribution >= 4 is 45.2 Å². The molecule has 7 heteroatoms. The molecule has 0 heterocycles. The lowest BCUT2D eigenvalue weighted by molar-refractivity contribution is -0.138. The monoisotopic (exact) mass is 334 g/mol. The van der Waals surface area contributed by atoms with Crippen molar-refractivity contribution in [2.24, 2.45) is 0 Å². The summed E-state index contributed by atoms with van der Waals surface area (Å²) in [6.45, 7) is 3.21. The van der Waals surface area contributed by atoms with Gasteiger partial charge in [-0.25, -0.2) is 4.79 Å². The van der Waals surface area contributed by atoms with Crippen LogP contribution in [0.4, 0.5) is 10.5 Å². The summed E-state index contributed by atoms with van der Waals surface area (Å²) >= 11 is 9.23. The molecule has 1 unspecified atom stereocenters. The number of carboxylic acid groups (broad SMARTS) is 1. The molecule has 0 aliphatic carbocycles. The third-order valence-electron chi connectivity index (χ3n) is 2.21. The summed E-state index contributed by atoms with van der Waals surface area (Å²) in [6.07, 6.45) is 0. The van der Waals surface area contributed by atoms with E-state index in [0.717, 1.165) is 5.56 Å². The quantitative estimate of drug-likeness (QED) is 0.794. The molecule has 0 bridgehead atoms. The van der Waals surface area contributed by atoms with Gasteiger partial charge in [-0.15, -0.1) is 0 Å². The Labute approximate surface area is 118 Å². The van der Waals surface area contributed by atoms with Crippen molar-refractivity contribution in [3.8, 4) is 0 Å². The molecule has 0 saturated carbocycles. The van der Waals surface area contributed by atoms with Gasteiger partial charge in [0.2, 0.25) is 0 Å². The molecule has 1 aromatic carbocycles. The number of rotatable bonds is 3. The van der Waals surface area contributed by atoms with Gasteiger partial charge in [0.1, 0.15) is 6.04 Å². The predicted octanol–water partition coefficient (Wildman–Crippen LogP) is 3.01. The zero-order chi connectivity index (χ0) is 13.9. The molecule has 3 N–H and O–H groups in total. The Hall–Kier alpha value is -1.27. The smallest absolute Gasteiger partial charge is 0.325 e. The SMILES string of the molecule is Cc1cc(Br)c(NC(=O)NC(C)C(=O)O)cc1Cl. The van der Waals surface area contributed by atoms with Crippen molar-refractivity contribution in [2.75, 3.05) is 5.32 Å². The lowest BCUT2D eigenvalue weighted by Gasteiger charge is -2.12. The molecular formula is C11H12BrClN2O3. The van der Waals surface area contributed by atoms with Crippen molar-refractivity contribution in [1.29, 1.82) is 0 Å². The number of aryl methyl sites for hydroxylation is 1. The van der Waals surface area contributed by atoms with Crippen molar-refractivity contribution < 1.29 is 14.7 Å². The maximum Gasteiger partial charge on any atom is 0.325 e. The van der Waals surface area contributed by atoms with Gasteiger partial charge in [0.25, 0.3) is 0 Å². The molecule has 1 rings (SSSR count). The molecule has 0 fully saturated rings. The summed E-state index contributed by atoms with van der Waals surface area (Å²) in [4.78, 5) is 22.1. The Morgan fingerprint density at radius 1 is 1.44 bits per heavy atom. The molecule has 18 heavy (non-hydrogen) atoms. The number of urea groups is 1. The summed E-state index contributed by atoms with van der Waals surface area (Å²) in [5.41, 5.74) is 1.34. The van der Waals surface area contributed by atoms with E-state index in [-0.39, 0.29) is 0 Å². The number of amides is 2. The van der Waals surface area contributed by atoms with E-state index in [4.69, 9.17) is 16.7 Å². The highest BCUT2D eigenvalue weighted by molar-refractivity contribution is 9.10. The Morgan fingerprint density at radius 2 is 2.06 bits per heavy atom. The van der Waals surface area contributed by atoms with Gasteiger partial charge in [0.15, 0.2) is 0 Å². The molecule has 5 nitrogen and oxygen atoms in total. The molecule has 0 aromatic heterocycles. The van der Waals surface area contributed by atoms with Crippen LogP contribution in [0.15, 0.2) is 16.6 Å². The van der Waals surface area contributed by atoms with Gasteiger partial charge in [-0.05, 0) is 47.5 Å². The molecule has 0 spiro atoms. The van der Waals surface area contributed by atoms with E-state index in [0.29, 0.717) is 15.2 Å². The highest BCUT2D eigenvalue weighted by atomic mass is 79.9. The Kier molecular flexibility index (Phi) is 4.98. The fraction of sp³-hybridized carbons (Fsp3) is 0.273. The normalized spacial score (nSPS) is 11.8. The average molecular weight is 336 g/mol. The van der Waals surface area contributed by atoms with Crippen molar-refractivity contribution in [1.82, 2.24) is 5.32 Å². The van der Waals surface area contributed by atoms with Crippen LogP contribution in [0.25, 0.3) is 0 Å². The molecule has 0 aliphatic heterocycles. The van der Waals surface area contributed by atoms with Gasteiger partial charge in [0, 0.05) is 9.50 Å². The second kappa shape index (κ2) is 6.06. The molecule has 0 radical (unpaired) electrons. The molecule has 98 valence electrons. The third-order valence-corrected chi connectivity index (χ3v) is 3.28. The second-order valence-electron chi connectivity index (χ2n) is 3.74. The number of hydrogen-bond acceptors (Lipinski definition) is 2. The molecule has 1 aromatic rings. The number of aliphatic carboxylic acids is 1. The Balaban J connectivity index is 2.76. The first kappa shape index (κ1) is 14.8. The summed E-state index contributed by atoms with van der Waals surface area (Å²) in [6, 6.07) is 1.78. The number of anilines is 1. The van der Waals surface area contributed by atoms with Crippen LogP contribution in [0, 0.1) is 6.92 Å². The van der Waals surface area contributed by atoms with Crippen LogP contribution >= 0.6 is 27.5 Å². The largest absolute Gasteiger partial charge is 0.480 e. The number of carbonyl (C=O) groups excluding carboxylic acids is 1. The van der Waals surface area contributed by atoms with Gasteiger partial charge in [-0.1, -0.05) is 11.6 Å². The van der Waals surface area contributed by atoms with E-state index in [1.807, 2.05) is 6.92 Å². The molecular weight excluding hydrogens is 323 g/mol. The minimum absolute atomic E-state index is 0.473. The number of halogens is 2. The number of hydrogen-bond donors (Lipinski definition) is 3. The van der Waals surface area contributed by atoms with Crippen LogP contribution < -0.4 is 10.6 Å². The van der Waals surface area contributed by atoms with Gasteiger partial charge in [0.05, 0.1) is 5.69 Å². The van der Waals surface area contributed by atoms with Gasteiger partial charge in [-0.2, -0.15) is 0 Å². The van der Waals surface area contributed by atoms with Crippen LogP contribution in [0.2, 0.25) is 5.02 Å². The van der Waals surface area contributed by atoms with Crippen LogP contribution in [-0.4, -0.2) is 23.1 Å². The number of carbonyl (C=O) groups is 2. The van der Waals surface area contributed by atoms with E-state index >= 15 is 0 Å². The predicted molar refractivity (Wildman–Crippen MR) is 73.1 cm³/mol. The summed E-state index contributed by atoms with van der Waals surface area (Å²) in [7, 11) is 0. The molecule has 1 atom stereocenters. The lowest BCUT2D eigenvalue weighted by atomic mass is 10.2. The van der Waals surface area contributed by atoms with Crippen LogP contribution in [0.1, 0.15) is 12.5 Å². The third kappa shape index (κ3) is 3.89. The van der Waals surface area contributed by atoms with Crippen LogP contribution in [0.5, 0.6) is 0 Å². The maximum absolute atomic E-state index is 11.5. The number of carboxylic acids is 1. The van der Waals surface area contributed by atoms with Crippen LogP contribution in [-0.2, 0) is 4.79 Å². The molecule has 2 amide bonds. The van der Waals surface area contributed by atoms with E-state index in [1.165, 1.54) is 6.92 Å². The van der Waals surface area contributed by atoms with E-state index in [1.54, 1.807) is 12.1 Å². The minimum atomic E-state index is -1.11. The van der Waals surface area contributed by atoms with E-state index in [9.17, 15) is 9.59 Å². The number of benzene rings is 1. The van der Waals surface area contributed by atoms with Gasteiger partial charge < -0.3 is 15.7 Å². The average Bonchev–Trinajstić information content (AvgIpc) is 2.25. The van der Waals surface area contributed by atoms with Crippen LogP contribution in [0.3, 0.4) is 0 Å². The van der Waals surface area contributed by atoms with Crippen molar-refractivity contribution in [2.45, 2.75) is 19.9 Å². The summed E-state index contributed by atoms with van der Waals surface area (Å²) in [5, 5.41) is 14.0. The van der Waals surface area contributed by atoms with Crippen molar-refractivity contribution in [3.63, 3.8) is 0 Å². The van der Waals surface area contributed by atoms with E-state index in [2.05, 4.69) is 26.6 Å². The molecule has 0 aliphatic rings. The summed E-state index contributed by atoms with van der Waals surface area (Å²) < 4.78 is 0.669. The Morgan fingerprint density at radius 3 is 2.61 bits per heavy atom. The minimum Gasteiger partial charge on any atom is -0.480 e.